The Bertz CT molecular complexity index is 755. The Kier molecular flexibility index (Phi) is 3.38. The molecule has 1 heterocycles. The van der Waals surface area contributed by atoms with E-state index < -0.39 is 5.82 Å². The normalized spacial score (nSPS) is 10.3. The summed E-state index contributed by atoms with van der Waals surface area (Å²) >= 11 is 0. The van der Waals surface area contributed by atoms with E-state index in [9.17, 15) is 9.18 Å². The van der Waals surface area contributed by atoms with Crippen molar-refractivity contribution in [1.82, 2.24) is 20.6 Å². The summed E-state index contributed by atoms with van der Waals surface area (Å²) in [6.45, 7) is 0. The predicted molar refractivity (Wildman–Crippen MR) is 74.0 cm³/mol. The van der Waals surface area contributed by atoms with Crippen LogP contribution in [0.1, 0.15) is 10.4 Å². The zero-order valence-corrected chi connectivity index (χ0v) is 10.7. The van der Waals surface area contributed by atoms with Crippen molar-refractivity contribution in [2.24, 2.45) is 0 Å². The van der Waals surface area contributed by atoms with E-state index in [2.05, 4.69) is 25.9 Å². The smallest absolute Gasteiger partial charge is 0.255 e. The van der Waals surface area contributed by atoms with Crippen molar-refractivity contribution in [1.29, 1.82) is 0 Å². The molecule has 0 aliphatic carbocycles. The molecule has 0 radical (unpaired) electrons. The van der Waals surface area contributed by atoms with Crippen molar-refractivity contribution in [3.8, 4) is 11.4 Å². The van der Waals surface area contributed by atoms with Crippen molar-refractivity contribution in [2.45, 2.75) is 0 Å². The van der Waals surface area contributed by atoms with Gasteiger partial charge in [-0.15, -0.1) is 10.2 Å². The highest BCUT2D eigenvalue weighted by Crippen LogP contribution is 2.17. The maximum Gasteiger partial charge on any atom is 0.255 e. The van der Waals surface area contributed by atoms with Crippen LogP contribution in [0, 0.1) is 5.82 Å². The molecule has 3 rings (SSSR count). The average Bonchev–Trinajstić information content (AvgIpc) is 3.04. The van der Waals surface area contributed by atoms with E-state index in [1.165, 1.54) is 12.1 Å². The van der Waals surface area contributed by atoms with Crippen LogP contribution in [0.4, 0.5) is 10.1 Å². The van der Waals surface area contributed by atoms with Crippen molar-refractivity contribution in [2.75, 3.05) is 5.32 Å². The summed E-state index contributed by atoms with van der Waals surface area (Å²) in [5, 5.41) is 16.0. The number of aromatic amines is 1. The first-order valence-corrected chi connectivity index (χ1v) is 6.14. The number of para-hydroxylation sites is 1. The first-order chi connectivity index (χ1) is 10.2. The molecule has 6 nitrogen and oxygen atoms in total. The minimum Gasteiger partial charge on any atom is -0.319 e. The topological polar surface area (TPSA) is 83.6 Å². The van der Waals surface area contributed by atoms with E-state index in [1.807, 2.05) is 0 Å². The highest BCUT2D eigenvalue weighted by Gasteiger charge is 2.10. The molecule has 104 valence electrons. The van der Waals surface area contributed by atoms with Gasteiger partial charge in [0.1, 0.15) is 5.82 Å². The second-order valence-electron chi connectivity index (χ2n) is 4.25. The number of halogens is 1. The first-order valence-electron chi connectivity index (χ1n) is 6.14. The molecule has 0 atom stereocenters. The summed E-state index contributed by atoms with van der Waals surface area (Å²) in [7, 11) is 0. The number of H-pyrrole nitrogens is 1. The molecule has 0 saturated heterocycles. The van der Waals surface area contributed by atoms with E-state index in [0.29, 0.717) is 11.4 Å². The van der Waals surface area contributed by atoms with Crippen molar-refractivity contribution in [3.05, 3.63) is 59.9 Å². The van der Waals surface area contributed by atoms with Gasteiger partial charge >= 0.3 is 0 Å². The molecule has 2 N–H and O–H groups in total. The fourth-order valence-electron chi connectivity index (χ4n) is 1.81. The largest absolute Gasteiger partial charge is 0.319 e. The average molecular weight is 283 g/mol. The van der Waals surface area contributed by atoms with E-state index in [1.54, 1.807) is 36.4 Å². The molecule has 0 fully saturated rings. The summed E-state index contributed by atoms with van der Waals surface area (Å²) in [5.41, 5.74) is 1.28. The third kappa shape index (κ3) is 2.76. The van der Waals surface area contributed by atoms with Crippen LogP contribution in [-0.2, 0) is 0 Å². The number of benzene rings is 2. The van der Waals surface area contributed by atoms with Crippen LogP contribution < -0.4 is 5.32 Å². The number of carbonyl (C=O) groups is 1. The quantitative estimate of drug-likeness (QED) is 0.772. The highest BCUT2D eigenvalue weighted by atomic mass is 19.1. The number of carbonyl (C=O) groups excluding carboxylic acids is 1. The molecule has 0 bridgehead atoms. The molecule has 3 aromatic rings. The van der Waals surface area contributed by atoms with Crippen molar-refractivity contribution in [3.63, 3.8) is 0 Å². The Morgan fingerprint density at radius 2 is 1.86 bits per heavy atom. The number of aromatic nitrogens is 4. The van der Waals surface area contributed by atoms with Crippen LogP contribution in [0.15, 0.2) is 48.5 Å². The van der Waals surface area contributed by atoms with Gasteiger partial charge in [0.15, 0.2) is 0 Å². The molecule has 1 amide bonds. The number of nitrogens with one attached hydrogen (secondary N) is 2. The zero-order valence-electron chi connectivity index (χ0n) is 10.7. The van der Waals surface area contributed by atoms with E-state index >= 15 is 0 Å². The zero-order chi connectivity index (χ0) is 14.7. The Balaban J connectivity index is 1.78. The molecular weight excluding hydrogens is 273 g/mol. The maximum absolute atomic E-state index is 13.5. The second kappa shape index (κ2) is 5.49. The molecule has 0 aliphatic rings. The van der Waals surface area contributed by atoms with Gasteiger partial charge in [-0.25, -0.2) is 4.39 Å². The molecule has 2 aromatic carbocycles. The lowest BCUT2D eigenvalue weighted by Crippen LogP contribution is -2.12. The van der Waals surface area contributed by atoms with Crippen molar-refractivity contribution >= 4 is 11.6 Å². The van der Waals surface area contributed by atoms with Crippen LogP contribution in [0.5, 0.6) is 0 Å². The molecular formula is C14H10FN5O. The third-order valence-electron chi connectivity index (χ3n) is 2.87. The Labute approximate surface area is 119 Å². The summed E-state index contributed by atoms with van der Waals surface area (Å²) in [4.78, 5) is 12.0. The number of nitrogens with zero attached hydrogens (tertiary/aromatic N) is 3. The lowest BCUT2D eigenvalue weighted by molar-refractivity contribution is 0.102. The number of rotatable bonds is 3. The van der Waals surface area contributed by atoms with Gasteiger partial charge in [0.2, 0.25) is 5.82 Å². The van der Waals surface area contributed by atoms with Crippen LogP contribution in [0.3, 0.4) is 0 Å². The van der Waals surface area contributed by atoms with Gasteiger partial charge < -0.3 is 5.32 Å². The van der Waals surface area contributed by atoms with Crippen molar-refractivity contribution < 1.29 is 9.18 Å². The van der Waals surface area contributed by atoms with Crippen LogP contribution in [0.2, 0.25) is 0 Å². The van der Waals surface area contributed by atoms with Crippen LogP contribution in [-0.4, -0.2) is 26.5 Å². The van der Waals surface area contributed by atoms with Gasteiger partial charge in [-0.2, -0.15) is 5.21 Å². The van der Waals surface area contributed by atoms with Gasteiger partial charge in [-0.05, 0) is 29.5 Å². The van der Waals surface area contributed by atoms with Crippen LogP contribution >= 0.6 is 0 Å². The molecule has 0 saturated carbocycles. The number of amides is 1. The summed E-state index contributed by atoms with van der Waals surface area (Å²) in [6, 6.07) is 12.6. The fourth-order valence-corrected chi connectivity index (χ4v) is 1.81. The van der Waals surface area contributed by atoms with Crippen LogP contribution in [0.25, 0.3) is 11.4 Å². The summed E-state index contributed by atoms with van der Waals surface area (Å²) in [6.07, 6.45) is 0. The Morgan fingerprint density at radius 1 is 1.10 bits per heavy atom. The number of anilines is 1. The molecule has 0 aliphatic heterocycles. The second-order valence-corrected chi connectivity index (χ2v) is 4.25. The number of tetrazole rings is 1. The SMILES string of the molecule is O=C(Nc1ccccc1F)c1ccc(-c2nn[nH]n2)cc1. The standard InChI is InChI=1S/C14H10FN5O/c15-11-3-1-2-4-12(11)16-14(21)10-7-5-9(6-8-10)13-17-19-20-18-13/h1-8H,(H,16,21)(H,17,18,19,20). The van der Waals surface area contributed by atoms with E-state index in [0.717, 1.165) is 5.56 Å². The maximum atomic E-state index is 13.5. The number of hydrogen-bond acceptors (Lipinski definition) is 4. The third-order valence-corrected chi connectivity index (χ3v) is 2.87. The molecule has 21 heavy (non-hydrogen) atoms. The molecule has 0 unspecified atom stereocenters. The Hall–Kier alpha value is -3.09. The lowest BCUT2D eigenvalue weighted by Gasteiger charge is -2.06. The number of hydrogen-bond donors (Lipinski definition) is 2. The van der Waals surface area contributed by atoms with Gasteiger partial charge in [0.25, 0.3) is 5.91 Å². The summed E-state index contributed by atoms with van der Waals surface area (Å²) < 4.78 is 13.5. The minimum absolute atomic E-state index is 0.143. The molecule has 0 spiro atoms. The van der Waals surface area contributed by atoms with Gasteiger partial charge in [-0.3, -0.25) is 4.79 Å². The molecule has 1 aromatic heterocycles. The highest BCUT2D eigenvalue weighted by molar-refractivity contribution is 6.04. The fraction of sp³-hybridized carbons (Fsp3) is 0. The van der Waals surface area contributed by atoms with Gasteiger partial charge in [0, 0.05) is 11.1 Å². The molecule has 7 heteroatoms. The summed E-state index contributed by atoms with van der Waals surface area (Å²) in [5.74, 6) is -0.426. The first kappa shape index (κ1) is 12.9. The van der Waals surface area contributed by atoms with E-state index in [-0.39, 0.29) is 11.6 Å². The van der Waals surface area contributed by atoms with Gasteiger partial charge in [0.05, 0.1) is 5.69 Å². The van der Waals surface area contributed by atoms with E-state index in [4.69, 9.17) is 0 Å². The predicted octanol–water partition coefficient (Wildman–Crippen LogP) is 2.26. The van der Waals surface area contributed by atoms with Gasteiger partial charge in [-0.1, -0.05) is 24.3 Å². The minimum atomic E-state index is -0.478. The Morgan fingerprint density at radius 3 is 2.52 bits per heavy atom. The lowest BCUT2D eigenvalue weighted by atomic mass is 10.1. The monoisotopic (exact) mass is 283 g/mol.